The molecule has 0 saturated heterocycles. The van der Waals surface area contributed by atoms with E-state index in [1.54, 1.807) is 18.2 Å². The number of hydrogen-bond donors (Lipinski definition) is 3. The van der Waals surface area contributed by atoms with Gasteiger partial charge in [0.2, 0.25) is 0 Å². The number of aromatic nitrogens is 4. The number of nitrogens with zero attached hydrogens (tertiary/aromatic N) is 4. The van der Waals surface area contributed by atoms with E-state index in [0.29, 0.717) is 33.5 Å². The maximum absolute atomic E-state index is 13.8. The lowest BCUT2D eigenvalue weighted by Crippen LogP contribution is -2.21. The topological polar surface area (TPSA) is 110 Å². The van der Waals surface area contributed by atoms with Gasteiger partial charge in [0, 0.05) is 11.8 Å². The molecule has 0 amide bonds. The average molecular weight is 360 g/mol. The third-order valence-corrected chi connectivity index (χ3v) is 4.27. The van der Waals surface area contributed by atoms with Crippen molar-refractivity contribution < 1.29 is 9.50 Å². The summed E-state index contributed by atoms with van der Waals surface area (Å²) in [6.45, 7) is 1.75. The number of nitrogens with two attached hydrogens (primary N) is 1. The highest BCUT2D eigenvalue weighted by Crippen LogP contribution is 2.26. The van der Waals surface area contributed by atoms with Gasteiger partial charge in [-0.15, -0.1) is 0 Å². The Balaban J connectivity index is 1.93. The van der Waals surface area contributed by atoms with Gasteiger partial charge < -0.3 is 16.2 Å². The minimum absolute atomic E-state index is 0.0639. The molecule has 7 nitrogen and oxygen atoms in total. The number of rotatable bonds is 6. The smallest absolute Gasteiger partial charge is 0.192 e. The third-order valence-electron chi connectivity index (χ3n) is 3.38. The van der Waals surface area contributed by atoms with Gasteiger partial charge in [0.1, 0.15) is 11.6 Å². The molecule has 0 aliphatic heterocycles. The first-order chi connectivity index (χ1) is 12.1. The number of hydrogen-bond acceptors (Lipinski definition) is 8. The molecular weight excluding hydrogens is 343 g/mol. The van der Waals surface area contributed by atoms with Crippen molar-refractivity contribution in [3.63, 3.8) is 0 Å². The number of thioether (sulfide) groups is 1. The van der Waals surface area contributed by atoms with E-state index >= 15 is 0 Å². The van der Waals surface area contributed by atoms with Gasteiger partial charge >= 0.3 is 0 Å². The molecule has 0 bridgehead atoms. The van der Waals surface area contributed by atoms with Gasteiger partial charge in [-0.05, 0) is 18.6 Å². The number of benzene rings is 1. The van der Waals surface area contributed by atoms with E-state index in [9.17, 15) is 9.50 Å². The Morgan fingerprint density at radius 1 is 1.28 bits per heavy atom. The highest BCUT2D eigenvalue weighted by Gasteiger charge is 2.14. The quantitative estimate of drug-likeness (QED) is 0.453. The molecule has 130 valence electrons. The highest BCUT2D eigenvalue weighted by atomic mass is 32.2. The Morgan fingerprint density at radius 2 is 2.08 bits per heavy atom. The largest absolute Gasteiger partial charge is 0.394 e. The van der Waals surface area contributed by atoms with Gasteiger partial charge in [0.25, 0.3) is 0 Å². The van der Waals surface area contributed by atoms with Crippen LogP contribution in [-0.2, 0) is 5.75 Å². The lowest BCUT2D eigenvalue weighted by Gasteiger charge is -2.13. The van der Waals surface area contributed by atoms with Gasteiger partial charge in [0.15, 0.2) is 22.1 Å². The lowest BCUT2D eigenvalue weighted by atomic mass is 10.2. The molecular formula is C16H17FN6OS. The summed E-state index contributed by atoms with van der Waals surface area (Å²) in [6, 6.07) is 6.34. The zero-order valence-corrected chi connectivity index (χ0v) is 14.3. The van der Waals surface area contributed by atoms with Crippen LogP contribution in [0.15, 0.2) is 35.6 Å². The van der Waals surface area contributed by atoms with Crippen molar-refractivity contribution >= 4 is 34.6 Å². The van der Waals surface area contributed by atoms with Crippen LogP contribution in [0.4, 0.5) is 16.0 Å². The average Bonchev–Trinajstić information content (AvgIpc) is 2.60. The summed E-state index contributed by atoms with van der Waals surface area (Å²) in [6.07, 6.45) is 1.42. The molecule has 1 atom stereocenters. The van der Waals surface area contributed by atoms with Crippen LogP contribution in [0.25, 0.3) is 11.2 Å². The molecule has 2 heterocycles. The second kappa shape index (κ2) is 7.58. The minimum Gasteiger partial charge on any atom is -0.394 e. The standard InChI is InChI=1S/C16H17FN6OS/c1-9(7-24)20-14-13-15(21-12(18)6-19-13)23-16(22-14)25-8-10-4-2-3-5-11(10)17/h2-6,9,24H,7-8H2,1H3,(H3,18,20,21,22,23)/t9-/m1/s1. The normalized spacial score (nSPS) is 12.3. The summed E-state index contributed by atoms with van der Waals surface area (Å²) < 4.78 is 13.8. The van der Waals surface area contributed by atoms with E-state index in [4.69, 9.17) is 5.73 Å². The molecule has 1 aromatic carbocycles. The van der Waals surface area contributed by atoms with E-state index in [-0.39, 0.29) is 24.3 Å². The van der Waals surface area contributed by atoms with Crippen molar-refractivity contribution in [3.05, 3.63) is 41.8 Å². The van der Waals surface area contributed by atoms with E-state index in [1.807, 2.05) is 6.92 Å². The number of halogens is 1. The fraction of sp³-hybridized carbons (Fsp3) is 0.250. The highest BCUT2D eigenvalue weighted by molar-refractivity contribution is 7.98. The van der Waals surface area contributed by atoms with Crippen LogP contribution in [0.1, 0.15) is 12.5 Å². The molecule has 0 spiro atoms. The summed E-state index contributed by atoms with van der Waals surface area (Å²) in [4.78, 5) is 17.2. The van der Waals surface area contributed by atoms with Crippen LogP contribution in [0, 0.1) is 5.82 Å². The Morgan fingerprint density at radius 3 is 2.84 bits per heavy atom. The number of aliphatic hydroxyl groups is 1. The minimum atomic E-state index is -0.271. The number of aliphatic hydroxyl groups excluding tert-OH is 1. The molecule has 0 saturated carbocycles. The first-order valence-electron chi connectivity index (χ1n) is 7.60. The van der Waals surface area contributed by atoms with Crippen molar-refractivity contribution in [1.29, 1.82) is 0 Å². The Bertz CT molecular complexity index is 894. The zero-order chi connectivity index (χ0) is 17.8. The Kier molecular flexibility index (Phi) is 5.25. The molecule has 3 rings (SSSR count). The van der Waals surface area contributed by atoms with Gasteiger partial charge in [0.05, 0.1) is 12.8 Å². The van der Waals surface area contributed by atoms with Crippen LogP contribution < -0.4 is 11.1 Å². The molecule has 4 N–H and O–H groups in total. The summed E-state index contributed by atoms with van der Waals surface area (Å²) in [5.41, 5.74) is 7.06. The monoisotopic (exact) mass is 360 g/mol. The van der Waals surface area contributed by atoms with Gasteiger partial charge in [-0.25, -0.2) is 24.3 Å². The fourth-order valence-corrected chi connectivity index (χ4v) is 2.93. The molecule has 25 heavy (non-hydrogen) atoms. The van der Waals surface area contributed by atoms with E-state index in [1.165, 1.54) is 24.0 Å². The van der Waals surface area contributed by atoms with E-state index in [2.05, 4.69) is 25.3 Å². The zero-order valence-electron chi connectivity index (χ0n) is 13.5. The molecule has 0 aliphatic carbocycles. The summed E-state index contributed by atoms with van der Waals surface area (Å²) in [5, 5.41) is 12.7. The van der Waals surface area contributed by atoms with Crippen molar-refractivity contribution in [3.8, 4) is 0 Å². The second-order valence-electron chi connectivity index (χ2n) is 5.43. The van der Waals surface area contributed by atoms with E-state index < -0.39 is 0 Å². The molecule has 0 fully saturated rings. The van der Waals surface area contributed by atoms with Crippen LogP contribution in [0.2, 0.25) is 0 Å². The Hall–Kier alpha value is -2.52. The van der Waals surface area contributed by atoms with Crippen LogP contribution in [0.5, 0.6) is 0 Å². The molecule has 2 aromatic heterocycles. The summed E-state index contributed by atoms with van der Waals surface area (Å²) in [7, 11) is 0. The van der Waals surface area contributed by atoms with Crippen LogP contribution >= 0.6 is 11.8 Å². The van der Waals surface area contributed by atoms with Crippen molar-refractivity contribution in [2.75, 3.05) is 17.7 Å². The van der Waals surface area contributed by atoms with Gasteiger partial charge in [-0.2, -0.15) is 0 Å². The molecule has 0 radical (unpaired) electrons. The summed E-state index contributed by atoms with van der Waals surface area (Å²) >= 11 is 1.28. The predicted octanol–water partition coefficient (Wildman–Crippen LogP) is 2.23. The number of nitrogens with one attached hydrogen (secondary N) is 1. The molecule has 9 heteroatoms. The second-order valence-corrected chi connectivity index (χ2v) is 6.37. The van der Waals surface area contributed by atoms with Crippen molar-refractivity contribution in [2.24, 2.45) is 0 Å². The molecule has 0 unspecified atom stereocenters. The van der Waals surface area contributed by atoms with Crippen molar-refractivity contribution in [1.82, 2.24) is 19.9 Å². The molecule has 3 aromatic rings. The number of anilines is 2. The predicted molar refractivity (Wildman–Crippen MR) is 95.7 cm³/mol. The van der Waals surface area contributed by atoms with Gasteiger partial charge in [-0.1, -0.05) is 30.0 Å². The number of fused-ring (bicyclic) bond motifs is 1. The first-order valence-corrected chi connectivity index (χ1v) is 8.59. The third kappa shape index (κ3) is 4.12. The molecule has 0 aliphatic rings. The lowest BCUT2D eigenvalue weighted by molar-refractivity contribution is 0.281. The number of nitrogen functional groups attached to an aromatic ring is 1. The van der Waals surface area contributed by atoms with Crippen LogP contribution in [0.3, 0.4) is 0 Å². The first kappa shape index (κ1) is 17.3. The maximum Gasteiger partial charge on any atom is 0.192 e. The SMILES string of the molecule is C[C@H](CO)Nc1nc(SCc2ccccc2F)nc2nc(N)cnc12. The summed E-state index contributed by atoms with van der Waals surface area (Å²) in [5.74, 6) is 0.808. The Labute approximate surface area is 147 Å². The van der Waals surface area contributed by atoms with E-state index in [0.717, 1.165) is 0 Å². The van der Waals surface area contributed by atoms with Crippen LogP contribution in [-0.4, -0.2) is 37.7 Å². The van der Waals surface area contributed by atoms with Crippen molar-refractivity contribution in [2.45, 2.75) is 23.9 Å². The van der Waals surface area contributed by atoms with Gasteiger partial charge in [-0.3, -0.25) is 0 Å². The maximum atomic E-state index is 13.8. The fourth-order valence-electron chi connectivity index (χ4n) is 2.10.